The fraction of sp³-hybridized carbons (Fsp3) is 0.125. The molecule has 1 amide bonds. The number of nitrogens with zero attached hydrogens (tertiary/aromatic N) is 3. The number of pyridine rings is 1. The normalized spacial score (nSPS) is 10.6. The van der Waals surface area contributed by atoms with Crippen LogP contribution in [0.25, 0.3) is 11.5 Å². The number of hydrogen-bond acceptors (Lipinski definition) is 6. The molecule has 0 spiro atoms. The molecule has 0 aliphatic heterocycles. The molecule has 0 bridgehead atoms. The van der Waals surface area contributed by atoms with Crippen molar-refractivity contribution in [2.24, 2.45) is 0 Å². The number of amides is 1. The van der Waals surface area contributed by atoms with Gasteiger partial charge >= 0.3 is 0 Å². The second kappa shape index (κ2) is 7.22. The monoisotopic (exact) mass is 344 g/mol. The number of halogens is 1. The number of aromatic nitrogens is 3. The number of thioether (sulfide) groups is 1. The maximum absolute atomic E-state index is 13.2. The SMILES string of the molecule is Cc1ccc(F)cc1NC(=O)CSc1nnc(-c2cccnc2)o1. The second-order valence-corrected chi connectivity index (χ2v) is 5.84. The van der Waals surface area contributed by atoms with E-state index in [1.165, 1.54) is 12.1 Å². The summed E-state index contributed by atoms with van der Waals surface area (Å²) in [6.07, 6.45) is 3.26. The van der Waals surface area contributed by atoms with Gasteiger partial charge in [0.2, 0.25) is 11.8 Å². The highest BCUT2D eigenvalue weighted by atomic mass is 32.2. The molecule has 1 N–H and O–H groups in total. The zero-order valence-electron chi connectivity index (χ0n) is 12.7. The molecule has 24 heavy (non-hydrogen) atoms. The summed E-state index contributed by atoms with van der Waals surface area (Å²) in [6, 6.07) is 7.80. The Labute approximate surface area is 141 Å². The van der Waals surface area contributed by atoms with E-state index in [0.717, 1.165) is 17.3 Å². The first-order valence-electron chi connectivity index (χ1n) is 7.04. The van der Waals surface area contributed by atoms with Crippen molar-refractivity contribution in [3.63, 3.8) is 0 Å². The number of carbonyl (C=O) groups excluding carboxylic acids is 1. The smallest absolute Gasteiger partial charge is 0.277 e. The van der Waals surface area contributed by atoms with E-state index in [2.05, 4.69) is 20.5 Å². The molecular formula is C16H13FN4O2S. The highest BCUT2D eigenvalue weighted by Crippen LogP contribution is 2.23. The van der Waals surface area contributed by atoms with Gasteiger partial charge in [0.1, 0.15) is 5.82 Å². The first kappa shape index (κ1) is 16.1. The van der Waals surface area contributed by atoms with E-state index in [1.54, 1.807) is 37.5 Å². The Hall–Kier alpha value is -2.74. The standard InChI is InChI=1S/C16H13FN4O2S/c1-10-4-5-12(17)7-13(10)19-14(22)9-24-16-21-20-15(23-16)11-3-2-6-18-8-11/h2-8H,9H2,1H3,(H,19,22). The van der Waals surface area contributed by atoms with Gasteiger partial charge in [-0.25, -0.2) is 4.39 Å². The van der Waals surface area contributed by atoms with Crippen molar-refractivity contribution in [3.05, 3.63) is 54.1 Å². The van der Waals surface area contributed by atoms with Crippen LogP contribution in [0.3, 0.4) is 0 Å². The van der Waals surface area contributed by atoms with Crippen LogP contribution in [-0.2, 0) is 4.79 Å². The van der Waals surface area contributed by atoms with E-state index < -0.39 is 5.82 Å². The van der Waals surface area contributed by atoms with Gasteiger partial charge in [0.15, 0.2) is 0 Å². The fourth-order valence-electron chi connectivity index (χ4n) is 1.92. The van der Waals surface area contributed by atoms with Crippen molar-refractivity contribution in [2.75, 3.05) is 11.1 Å². The molecule has 0 fully saturated rings. The quantitative estimate of drug-likeness (QED) is 0.715. The van der Waals surface area contributed by atoms with Crippen LogP contribution >= 0.6 is 11.8 Å². The molecule has 3 rings (SSSR count). The van der Waals surface area contributed by atoms with Crippen LogP contribution in [0.1, 0.15) is 5.56 Å². The van der Waals surface area contributed by atoms with E-state index in [-0.39, 0.29) is 16.9 Å². The number of benzene rings is 1. The van der Waals surface area contributed by atoms with E-state index in [4.69, 9.17) is 4.42 Å². The highest BCUT2D eigenvalue weighted by molar-refractivity contribution is 7.99. The molecule has 0 atom stereocenters. The summed E-state index contributed by atoms with van der Waals surface area (Å²) in [5, 5.41) is 10.7. The van der Waals surface area contributed by atoms with Crippen molar-refractivity contribution in [3.8, 4) is 11.5 Å². The van der Waals surface area contributed by atoms with Crippen molar-refractivity contribution in [2.45, 2.75) is 12.1 Å². The van der Waals surface area contributed by atoms with E-state index >= 15 is 0 Å². The summed E-state index contributed by atoms with van der Waals surface area (Å²) in [7, 11) is 0. The van der Waals surface area contributed by atoms with Gasteiger partial charge in [-0.3, -0.25) is 9.78 Å². The molecule has 3 aromatic rings. The Bertz CT molecular complexity index is 854. The third-order valence-electron chi connectivity index (χ3n) is 3.12. The van der Waals surface area contributed by atoms with Crippen LogP contribution in [0.4, 0.5) is 10.1 Å². The Kier molecular flexibility index (Phi) is 4.85. The molecule has 2 aromatic heterocycles. The number of anilines is 1. The number of hydrogen-bond donors (Lipinski definition) is 1. The zero-order chi connectivity index (χ0) is 16.9. The van der Waals surface area contributed by atoms with Crippen LogP contribution in [-0.4, -0.2) is 26.8 Å². The topological polar surface area (TPSA) is 80.9 Å². The van der Waals surface area contributed by atoms with Gasteiger partial charge in [-0.15, -0.1) is 10.2 Å². The minimum atomic E-state index is -0.401. The molecule has 0 radical (unpaired) electrons. The lowest BCUT2D eigenvalue weighted by atomic mass is 10.2. The van der Waals surface area contributed by atoms with Crippen molar-refractivity contribution in [1.29, 1.82) is 0 Å². The Morgan fingerprint density at radius 2 is 2.21 bits per heavy atom. The lowest BCUT2D eigenvalue weighted by Gasteiger charge is -2.07. The molecule has 0 aliphatic rings. The second-order valence-electron chi connectivity index (χ2n) is 4.91. The minimum Gasteiger partial charge on any atom is -0.411 e. The molecule has 8 heteroatoms. The minimum absolute atomic E-state index is 0.0740. The molecule has 0 aliphatic carbocycles. The average molecular weight is 344 g/mol. The summed E-state index contributed by atoms with van der Waals surface area (Å²) >= 11 is 1.11. The first-order valence-corrected chi connectivity index (χ1v) is 8.03. The van der Waals surface area contributed by atoms with Crippen LogP contribution in [0.5, 0.6) is 0 Å². The molecule has 1 aromatic carbocycles. The predicted molar refractivity (Wildman–Crippen MR) is 88.0 cm³/mol. The van der Waals surface area contributed by atoms with Crippen molar-refractivity contribution < 1.29 is 13.6 Å². The lowest BCUT2D eigenvalue weighted by molar-refractivity contribution is -0.113. The van der Waals surface area contributed by atoms with Gasteiger partial charge in [-0.2, -0.15) is 0 Å². The number of carbonyl (C=O) groups is 1. The van der Waals surface area contributed by atoms with Crippen molar-refractivity contribution in [1.82, 2.24) is 15.2 Å². The Morgan fingerprint density at radius 3 is 3.00 bits per heavy atom. The number of rotatable bonds is 5. The summed E-state index contributed by atoms with van der Waals surface area (Å²) in [5.74, 6) is -0.270. The maximum atomic E-state index is 13.2. The molecular weight excluding hydrogens is 331 g/mol. The molecule has 0 saturated carbocycles. The third kappa shape index (κ3) is 3.96. The van der Waals surface area contributed by atoms with Gasteiger partial charge in [-0.05, 0) is 36.8 Å². The maximum Gasteiger partial charge on any atom is 0.277 e. The van der Waals surface area contributed by atoms with Crippen LogP contribution in [0.2, 0.25) is 0 Å². The van der Waals surface area contributed by atoms with Gasteiger partial charge < -0.3 is 9.73 Å². The van der Waals surface area contributed by atoms with Gasteiger partial charge in [-0.1, -0.05) is 17.8 Å². The number of aryl methyl sites for hydroxylation is 1. The molecule has 2 heterocycles. The third-order valence-corrected chi connectivity index (χ3v) is 3.93. The lowest BCUT2D eigenvalue weighted by Crippen LogP contribution is -2.15. The van der Waals surface area contributed by atoms with Crippen molar-refractivity contribution >= 4 is 23.4 Å². The first-order chi connectivity index (χ1) is 11.6. The van der Waals surface area contributed by atoms with E-state index in [9.17, 15) is 9.18 Å². The van der Waals surface area contributed by atoms with E-state index in [0.29, 0.717) is 17.1 Å². The molecule has 0 saturated heterocycles. The highest BCUT2D eigenvalue weighted by Gasteiger charge is 2.12. The fourth-order valence-corrected chi connectivity index (χ4v) is 2.48. The average Bonchev–Trinajstić information content (AvgIpc) is 3.06. The van der Waals surface area contributed by atoms with Gasteiger partial charge in [0.25, 0.3) is 5.22 Å². The van der Waals surface area contributed by atoms with Gasteiger partial charge in [0.05, 0.1) is 11.3 Å². The van der Waals surface area contributed by atoms with Crippen LogP contribution in [0.15, 0.2) is 52.4 Å². The zero-order valence-corrected chi connectivity index (χ0v) is 13.5. The summed E-state index contributed by atoms with van der Waals surface area (Å²) < 4.78 is 18.7. The largest absolute Gasteiger partial charge is 0.411 e. The Morgan fingerprint density at radius 1 is 1.33 bits per heavy atom. The van der Waals surface area contributed by atoms with E-state index in [1.807, 2.05) is 0 Å². The van der Waals surface area contributed by atoms with Gasteiger partial charge in [0, 0.05) is 18.1 Å². The molecule has 0 unspecified atom stereocenters. The Balaban J connectivity index is 1.59. The summed E-state index contributed by atoms with van der Waals surface area (Å²) in [4.78, 5) is 15.9. The predicted octanol–water partition coefficient (Wildman–Crippen LogP) is 3.31. The van der Waals surface area contributed by atoms with Crippen LogP contribution in [0, 0.1) is 12.7 Å². The van der Waals surface area contributed by atoms with Crippen LogP contribution < -0.4 is 5.32 Å². The summed E-state index contributed by atoms with van der Waals surface area (Å²) in [5.41, 5.74) is 1.94. The molecule has 6 nitrogen and oxygen atoms in total. The molecule has 122 valence electrons. The summed E-state index contributed by atoms with van der Waals surface area (Å²) in [6.45, 7) is 1.79. The number of nitrogens with one attached hydrogen (secondary N) is 1.